The summed E-state index contributed by atoms with van der Waals surface area (Å²) >= 11 is 0. The average molecular weight is 362 g/mol. The summed E-state index contributed by atoms with van der Waals surface area (Å²) in [4.78, 5) is 6.87. The van der Waals surface area contributed by atoms with Crippen molar-refractivity contribution in [3.8, 4) is 11.4 Å². The Morgan fingerprint density at radius 2 is 1.81 bits per heavy atom. The van der Waals surface area contributed by atoms with Crippen molar-refractivity contribution in [3.63, 3.8) is 0 Å². The molecular formula is C22H26N4O. The fourth-order valence-electron chi connectivity index (χ4n) is 3.74. The monoisotopic (exact) mass is 362 g/mol. The Hall–Kier alpha value is -2.50. The van der Waals surface area contributed by atoms with Crippen LogP contribution in [0.3, 0.4) is 0 Å². The van der Waals surface area contributed by atoms with E-state index in [9.17, 15) is 0 Å². The highest BCUT2D eigenvalue weighted by Gasteiger charge is 2.32. The van der Waals surface area contributed by atoms with E-state index in [4.69, 9.17) is 10.3 Å². The van der Waals surface area contributed by atoms with Gasteiger partial charge in [0.2, 0.25) is 11.7 Å². The molecule has 1 fully saturated rings. The van der Waals surface area contributed by atoms with E-state index in [-0.39, 0.29) is 6.04 Å². The molecule has 0 unspecified atom stereocenters. The molecule has 2 atom stereocenters. The fraction of sp³-hybridized carbons (Fsp3) is 0.364. The third-order valence-corrected chi connectivity index (χ3v) is 5.33. The predicted molar refractivity (Wildman–Crippen MR) is 106 cm³/mol. The summed E-state index contributed by atoms with van der Waals surface area (Å²) in [6.07, 6.45) is 0. The number of hydrogen-bond donors (Lipinski definition) is 1. The van der Waals surface area contributed by atoms with Crippen LogP contribution in [0.25, 0.3) is 11.4 Å². The maximum atomic E-state index is 6.38. The quantitative estimate of drug-likeness (QED) is 0.748. The summed E-state index contributed by atoms with van der Waals surface area (Å²) in [5.41, 5.74) is 9.96. The van der Waals surface area contributed by atoms with Crippen LogP contribution in [0, 0.1) is 0 Å². The molecule has 4 rings (SSSR count). The van der Waals surface area contributed by atoms with Crippen LogP contribution < -0.4 is 5.73 Å². The van der Waals surface area contributed by atoms with Gasteiger partial charge in [0, 0.05) is 30.6 Å². The first-order chi connectivity index (χ1) is 13.1. The highest BCUT2D eigenvalue weighted by Crippen LogP contribution is 2.27. The second-order valence-electron chi connectivity index (χ2n) is 7.66. The van der Waals surface area contributed by atoms with Crippen LogP contribution in [0.2, 0.25) is 0 Å². The Kier molecular flexibility index (Phi) is 5.05. The minimum atomic E-state index is 0.123. The number of rotatable bonds is 5. The summed E-state index contributed by atoms with van der Waals surface area (Å²) in [6.45, 7) is 6.75. The molecule has 2 heterocycles. The summed E-state index contributed by atoms with van der Waals surface area (Å²) in [5.74, 6) is 2.14. The Labute approximate surface area is 160 Å². The van der Waals surface area contributed by atoms with Gasteiger partial charge in [0.15, 0.2) is 0 Å². The van der Waals surface area contributed by atoms with Crippen LogP contribution in [0.15, 0.2) is 59.1 Å². The Bertz CT molecular complexity index is 873. The van der Waals surface area contributed by atoms with Crippen molar-refractivity contribution in [3.05, 3.63) is 71.6 Å². The average Bonchev–Trinajstić information content (AvgIpc) is 3.29. The second-order valence-corrected chi connectivity index (χ2v) is 7.66. The Balaban J connectivity index is 1.42. The zero-order valence-corrected chi connectivity index (χ0v) is 15.9. The summed E-state index contributed by atoms with van der Waals surface area (Å²) in [6, 6.07) is 19.0. The van der Waals surface area contributed by atoms with Gasteiger partial charge in [-0.25, -0.2) is 0 Å². The third kappa shape index (κ3) is 3.94. The minimum Gasteiger partial charge on any atom is -0.338 e. The van der Waals surface area contributed by atoms with E-state index in [1.165, 1.54) is 11.1 Å². The molecule has 2 aromatic carbocycles. The second kappa shape index (κ2) is 7.62. The molecule has 0 spiro atoms. The molecule has 3 aromatic rings. The zero-order valence-electron chi connectivity index (χ0n) is 15.9. The SMILES string of the molecule is CC(C)c1ccc(-c2noc(CN3C[C@@H](N)[C@H](c4ccccc4)C3)n2)cc1. The molecule has 0 aliphatic carbocycles. The minimum absolute atomic E-state index is 0.123. The lowest BCUT2D eigenvalue weighted by Crippen LogP contribution is -2.28. The van der Waals surface area contributed by atoms with Gasteiger partial charge >= 0.3 is 0 Å². The first-order valence-corrected chi connectivity index (χ1v) is 9.56. The highest BCUT2D eigenvalue weighted by molar-refractivity contribution is 5.54. The van der Waals surface area contributed by atoms with Crippen molar-refractivity contribution >= 4 is 0 Å². The molecule has 0 radical (unpaired) electrons. The smallest absolute Gasteiger partial charge is 0.241 e. The Morgan fingerprint density at radius 1 is 1.07 bits per heavy atom. The van der Waals surface area contributed by atoms with Crippen molar-refractivity contribution in [2.24, 2.45) is 5.73 Å². The number of nitrogens with two attached hydrogens (primary N) is 1. The number of nitrogens with zero attached hydrogens (tertiary/aromatic N) is 3. The van der Waals surface area contributed by atoms with E-state index >= 15 is 0 Å². The van der Waals surface area contributed by atoms with E-state index in [0.29, 0.717) is 30.1 Å². The van der Waals surface area contributed by atoms with Gasteiger partial charge < -0.3 is 10.3 Å². The molecular weight excluding hydrogens is 336 g/mol. The zero-order chi connectivity index (χ0) is 18.8. The number of likely N-dealkylation sites (tertiary alicyclic amines) is 1. The summed E-state index contributed by atoms with van der Waals surface area (Å²) in [5, 5.41) is 4.16. The molecule has 2 N–H and O–H groups in total. The van der Waals surface area contributed by atoms with Crippen LogP contribution in [0.1, 0.15) is 42.7 Å². The van der Waals surface area contributed by atoms with E-state index in [2.05, 4.69) is 77.4 Å². The van der Waals surface area contributed by atoms with Crippen LogP contribution in [-0.2, 0) is 6.54 Å². The van der Waals surface area contributed by atoms with Gasteiger partial charge in [0.25, 0.3) is 0 Å². The van der Waals surface area contributed by atoms with Gasteiger partial charge in [-0.3, -0.25) is 4.90 Å². The van der Waals surface area contributed by atoms with Crippen LogP contribution in [0.5, 0.6) is 0 Å². The molecule has 27 heavy (non-hydrogen) atoms. The maximum absolute atomic E-state index is 6.38. The van der Waals surface area contributed by atoms with Crippen LogP contribution in [-0.4, -0.2) is 34.2 Å². The van der Waals surface area contributed by atoms with E-state index in [1.54, 1.807) is 0 Å². The lowest BCUT2D eigenvalue weighted by molar-refractivity contribution is 0.264. The lowest BCUT2D eigenvalue weighted by atomic mass is 9.95. The van der Waals surface area contributed by atoms with E-state index in [1.807, 2.05) is 6.07 Å². The summed E-state index contributed by atoms with van der Waals surface area (Å²) in [7, 11) is 0. The molecule has 1 saturated heterocycles. The van der Waals surface area contributed by atoms with Crippen LogP contribution >= 0.6 is 0 Å². The molecule has 1 aliphatic rings. The molecule has 140 valence electrons. The van der Waals surface area contributed by atoms with Crippen molar-refractivity contribution in [1.82, 2.24) is 15.0 Å². The number of aromatic nitrogens is 2. The first-order valence-electron chi connectivity index (χ1n) is 9.56. The maximum Gasteiger partial charge on any atom is 0.241 e. The molecule has 0 amide bonds. The van der Waals surface area contributed by atoms with Crippen molar-refractivity contribution in [2.45, 2.75) is 38.3 Å². The van der Waals surface area contributed by atoms with E-state index < -0.39 is 0 Å². The fourth-order valence-corrected chi connectivity index (χ4v) is 3.74. The molecule has 1 aromatic heterocycles. The molecule has 1 aliphatic heterocycles. The molecule has 5 heteroatoms. The molecule has 5 nitrogen and oxygen atoms in total. The predicted octanol–water partition coefficient (Wildman–Crippen LogP) is 3.79. The Morgan fingerprint density at radius 3 is 2.52 bits per heavy atom. The number of hydrogen-bond acceptors (Lipinski definition) is 5. The van der Waals surface area contributed by atoms with Gasteiger partial charge in [0.1, 0.15) is 0 Å². The normalized spacial score (nSPS) is 20.4. The summed E-state index contributed by atoms with van der Waals surface area (Å²) < 4.78 is 5.49. The topological polar surface area (TPSA) is 68.2 Å². The van der Waals surface area contributed by atoms with Gasteiger partial charge in [-0.05, 0) is 17.0 Å². The van der Waals surface area contributed by atoms with Gasteiger partial charge in [-0.15, -0.1) is 0 Å². The van der Waals surface area contributed by atoms with Gasteiger partial charge in [0.05, 0.1) is 6.54 Å². The van der Waals surface area contributed by atoms with Crippen molar-refractivity contribution in [2.75, 3.05) is 13.1 Å². The molecule has 0 bridgehead atoms. The highest BCUT2D eigenvalue weighted by atomic mass is 16.5. The number of benzene rings is 2. The standard InChI is InChI=1S/C22H26N4O/c1-15(2)16-8-10-18(11-9-16)22-24-21(27-25-22)14-26-12-19(20(23)13-26)17-6-4-3-5-7-17/h3-11,15,19-20H,12-14,23H2,1-2H3/t19-,20+/m0/s1. The third-order valence-electron chi connectivity index (χ3n) is 5.33. The van der Waals surface area contributed by atoms with Crippen LogP contribution in [0.4, 0.5) is 0 Å². The van der Waals surface area contributed by atoms with Crippen molar-refractivity contribution < 1.29 is 4.52 Å². The lowest BCUT2D eigenvalue weighted by Gasteiger charge is -2.14. The van der Waals surface area contributed by atoms with E-state index in [0.717, 1.165) is 18.7 Å². The van der Waals surface area contributed by atoms with Crippen molar-refractivity contribution in [1.29, 1.82) is 0 Å². The first kappa shape index (κ1) is 17.9. The molecule has 0 saturated carbocycles. The van der Waals surface area contributed by atoms with Gasteiger partial charge in [-0.2, -0.15) is 4.98 Å². The largest absolute Gasteiger partial charge is 0.338 e. The van der Waals surface area contributed by atoms with Gasteiger partial charge in [-0.1, -0.05) is 73.6 Å².